The molecule has 0 aliphatic carbocycles. The molecule has 2 heterocycles. The highest BCUT2D eigenvalue weighted by Crippen LogP contribution is 2.05. The predicted octanol–water partition coefficient (Wildman–Crippen LogP) is -0.536. The highest BCUT2D eigenvalue weighted by atomic mass is 16.5. The van der Waals surface area contributed by atoms with Crippen molar-refractivity contribution < 1.29 is 14.3 Å². The minimum Gasteiger partial charge on any atom is -0.378 e. The van der Waals surface area contributed by atoms with E-state index < -0.39 is 0 Å². The van der Waals surface area contributed by atoms with E-state index >= 15 is 0 Å². The molecule has 14 heavy (non-hydrogen) atoms. The molecule has 4 amide bonds. The van der Waals surface area contributed by atoms with E-state index in [2.05, 4.69) is 5.32 Å². The van der Waals surface area contributed by atoms with Crippen LogP contribution in [0.2, 0.25) is 0 Å². The first kappa shape index (κ1) is 9.26. The molecule has 0 aromatic rings. The molecule has 0 aromatic carbocycles. The molecule has 1 N–H and O–H groups in total. The van der Waals surface area contributed by atoms with Crippen molar-refractivity contribution in [2.24, 2.45) is 0 Å². The number of nitrogens with zero attached hydrogens (tertiary/aromatic N) is 2. The molecule has 0 atom stereocenters. The van der Waals surface area contributed by atoms with Gasteiger partial charge >= 0.3 is 12.1 Å². The van der Waals surface area contributed by atoms with E-state index in [1.54, 1.807) is 4.90 Å². The number of carbonyl (C=O) groups excluding carboxylic acids is 2. The molecule has 0 radical (unpaired) electrons. The van der Waals surface area contributed by atoms with Crippen LogP contribution < -0.4 is 5.32 Å². The fourth-order valence-electron chi connectivity index (χ4n) is 1.58. The summed E-state index contributed by atoms with van der Waals surface area (Å²) >= 11 is 0. The Morgan fingerprint density at radius 3 is 2.57 bits per heavy atom. The molecule has 0 spiro atoms. The van der Waals surface area contributed by atoms with Crippen LogP contribution in [0.1, 0.15) is 0 Å². The maximum absolute atomic E-state index is 11.7. The lowest BCUT2D eigenvalue weighted by Crippen LogP contribution is -2.49. The average molecular weight is 199 g/mol. The predicted molar refractivity (Wildman–Crippen MR) is 47.9 cm³/mol. The third-order valence-corrected chi connectivity index (χ3v) is 2.37. The molecule has 6 nitrogen and oxygen atoms in total. The minimum absolute atomic E-state index is 0.205. The smallest absolute Gasteiger partial charge is 0.328 e. The first-order valence-electron chi connectivity index (χ1n) is 4.71. The van der Waals surface area contributed by atoms with Gasteiger partial charge in [0.05, 0.1) is 13.2 Å². The average Bonchev–Trinajstić information content (AvgIpc) is 2.65. The molecular weight excluding hydrogens is 186 g/mol. The van der Waals surface area contributed by atoms with Crippen molar-refractivity contribution in [1.82, 2.24) is 15.1 Å². The van der Waals surface area contributed by atoms with Crippen LogP contribution in [0.4, 0.5) is 9.59 Å². The summed E-state index contributed by atoms with van der Waals surface area (Å²) in [6, 6.07) is -0.496. The number of ether oxygens (including phenoxy) is 1. The second kappa shape index (κ2) is 3.83. The van der Waals surface area contributed by atoms with Crippen LogP contribution in [0.5, 0.6) is 0 Å². The van der Waals surface area contributed by atoms with Crippen molar-refractivity contribution in [2.75, 3.05) is 39.4 Å². The number of imide groups is 1. The molecule has 0 unspecified atom stereocenters. The topological polar surface area (TPSA) is 61.9 Å². The summed E-state index contributed by atoms with van der Waals surface area (Å²) in [5.41, 5.74) is 0. The quantitative estimate of drug-likeness (QED) is 0.570. The van der Waals surface area contributed by atoms with E-state index in [1.807, 2.05) is 0 Å². The summed E-state index contributed by atoms with van der Waals surface area (Å²) in [5.74, 6) is 0. The van der Waals surface area contributed by atoms with Gasteiger partial charge in [-0.3, -0.25) is 0 Å². The Morgan fingerprint density at radius 1 is 1.29 bits per heavy atom. The van der Waals surface area contributed by atoms with Gasteiger partial charge in [0.15, 0.2) is 0 Å². The summed E-state index contributed by atoms with van der Waals surface area (Å²) in [7, 11) is 0. The monoisotopic (exact) mass is 199 g/mol. The first-order valence-corrected chi connectivity index (χ1v) is 4.71. The van der Waals surface area contributed by atoms with Gasteiger partial charge in [-0.15, -0.1) is 0 Å². The molecule has 2 aliphatic rings. The Morgan fingerprint density at radius 2 is 2.00 bits per heavy atom. The van der Waals surface area contributed by atoms with E-state index in [4.69, 9.17) is 4.74 Å². The molecule has 0 bridgehead atoms. The first-order chi connectivity index (χ1) is 6.79. The van der Waals surface area contributed by atoms with Crippen LogP contribution in [-0.4, -0.2) is 61.3 Å². The van der Waals surface area contributed by atoms with Gasteiger partial charge < -0.3 is 15.0 Å². The number of nitrogens with one attached hydrogen (secondary N) is 1. The van der Waals surface area contributed by atoms with E-state index in [9.17, 15) is 9.59 Å². The van der Waals surface area contributed by atoms with Gasteiger partial charge in [0, 0.05) is 26.2 Å². The second-order valence-electron chi connectivity index (χ2n) is 3.27. The Bertz CT molecular complexity index is 250. The summed E-state index contributed by atoms with van der Waals surface area (Å²) in [5, 5.41) is 2.60. The molecular formula is C8H13N3O3. The van der Waals surface area contributed by atoms with Gasteiger partial charge in [0.1, 0.15) is 0 Å². The van der Waals surface area contributed by atoms with Crippen LogP contribution in [0, 0.1) is 0 Å². The van der Waals surface area contributed by atoms with Crippen molar-refractivity contribution in [3.8, 4) is 0 Å². The van der Waals surface area contributed by atoms with Crippen molar-refractivity contribution in [1.29, 1.82) is 0 Å². The Balaban J connectivity index is 1.96. The van der Waals surface area contributed by atoms with E-state index in [1.165, 1.54) is 4.90 Å². The highest BCUT2D eigenvalue weighted by molar-refractivity contribution is 5.94. The largest absolute Gasteiger partial charge is 0.378 e. The Hall–Kier alpha value is -1.30. The van der Waals surface area contributed by atoms with Crippen molar-refractivity contribution >= 4 is 12.1 Å². The second-order valence-corrected chi connectivity index (χ2v) is 3.27. The summed E-state index contributed by atoms with van der Waals surface area (Å²) in [6.07, 6.45) is 0. The fraction of sp³-hybridized carbons (Fsp3) is 0.750. The number of hydrogen-bond acceptors (Lipinski definition) is 3. The lowest BCUT2D eigenvalue weighted by Gasteiger charge is -2.29. The third-order valence-electron chi connectivity index (χ3n) is 2.37. The van der Waals surface area contributed by atoms with Gasteiger partial charge in [-0.05, 0) is 0 Å². The van der Waals surface area contributed by atoms with Crippen molar-refractivity contribution in [2.45, 2.75) is 0 Å². The maximum Gasteiger partial charge on any atom is 0.328 e. The number of urea groups is 2. The zero-order valence-electron chi connectivity index (χ0n) is 7.86. The van der Waals surface area contributed by atoms with Gasteiger partial charge in [-0.1, -0.05) is 0 Å². The fourth-order valence-corrected chi connectivity index (χ4v) is 1.58. The maximum atomic E-state index is 11.7. The van der Waals surface area contributed by atoms with Gasteiger partial charge in [-0.25, -0.2) is 14.5 Å². The van der Waals surface area contributed by atoms with Crippen LogP contribution in [0.25, 0.3) is 0 Å². The van der Waals surface area contributed by atoms with Gasteiger partial charge in [0.25, 0.3) is 0 Å². The van der Waals surface area contributed by atoms with Crippen LogP contribution in [0.3, 0.4) is 0 Å². The van der Waals surface area contributed by atoms with Crippen LogP contribution >= 0.6 is 0 Å². The number of morpholine rings is 1. The van der Waals surface area contributed by atoms with Gasteiger partial charge in [-0.2, -0.15) is 0 Å². The normalized spacial score (nSPS) is 22.4. The summed E-state index contributed by atoms with van der Waals surface area (Å²) in [4.78, 5) is 25.8. The van der Waals surface area contributed by atoms with Crippen molar-refractivity contribution in [3.63, 3.8) is 0 Å². The zero-order valence-corrected chi connectivity index (χ0v) is 7.86. The van der Waals surface area contributed by atoms with E-state index in [0.717, 1.165) is 0 Å². The molecule has 78 valence electrons. The molecule has 2 aliphatic heterocycles. The number of carbonyl (C=O) groups is 2. The Labute approximate surface area is 81.8 Å². The molecule has 0 aromatic heterocycles. The number of rotatable bonds is 0. The minimum atomic E-state index is -0.290. The molecule has 2 saturated heterocycles. The van der Waals surface area contributed by atoms with Crippen LogP contribution in [-0.2, 0) is 4.74 Å². The molecule has 6 heteroatoms. The number of amides is 4. The lowest BCUT2D eigenvalue weighted by atomic mass is 10.4. The summed E-state index contributed by atoms with van der Waals surface area (Å²) in [6.45, 7) is 3.28. The SMILES string of the molecule is O=C1NCCN1C(=O)N1CCOCC1. The third kappa shape index (κ3) is 1.65. The number of hydrogen-bond donors (Lipinski definition) is 1. The van der Waals surface area contributed by atoms with E-state index in [-0.39, 0.29) is 12.1 Å². The standard InChI is InChI=1S/C8H13N3O3/c12-7-9-1-2-11(7)8(13)10-3-5-14-6-4-10/h1-6H2,(H,9,12). The van der Waals surface area contributed by atoms with Crippen molar-refractivity contribution in [3.05, 3.63) is 0 Å². The summed E-state index contributed by atoms with van der Waals surface area (Å²) < 4.78 is 5.13. The van der Waals surface area contributed by atoms with E-state index in [0.29, 0.717) is 39.4 Å². The van der Waals surface area contributed by atoms with Gasteiger partial charge in [0.2, 0.25) is 0 Å². The zero-order chi connectivity index (χ0) is 9.97. The molecule has 2 fully saturated rings. The highest BCUT2D eigenvalue weighted by Gasteiger charge is 2.30. The Kier molecular flexibility index (Phi) is 2.53. The lowest BCUT2D eigenvalue weighted by molar-refractivity contribution is 0.0472. The van der Waals surface area contributed by atoms with Crippen LogP contribution in [0.15, 0.2) is 0 Å². The molecule has 2 rings (SSSR count). The molecule has 0 saturated carbocycles.